The normalized spacial score (nSPS) is 16.7. The number of aromatic nitrogens is 5. The summed E-state index contributed by atoms with van der Waals surface area (Å²) in [6.07, 6.45) is 6.44. The molecule has 0 amide bonds. The lowest BCUT2D eigenvalue weighted by atomic mass is 10.1. The Labute approximate surface area is 125 Å². The van der Waals surface area contributed by atoms with E-state index in [1.807, 2.05) is 12.3 Å². The lowest BCUT2D eigenvalue weighted by Crippen LogP contribution is -2.34. The Bertz CT molecular complexity index is 895. The van der Waals surface area contributed by atoms with Crippen molar-refractivity contribution in [2.45, 2.75) is 19.0 Å². The van der Waals surface area contributed by atoms with Gasteiger partial charge in [0, 0.05) is 11.8 Å². The van der Waals surface area contributed by atoms with E-state index in [4.69, 9.17) is 4.99 Å². The van der Waals surface area contributed by atoms with Crippen molar-refractivity contribution in [2.24, 2.45) is 4.99 Å². The summed E-state index contributed by atoms with van der Waals surface area (Å²) in [5.74, 6) is -0.248. The van der Waals surface area contributed by atoms with Crippen molar-refractivity contribution < 1.29 is 4.39 Å². The van der Waals surface area contributed by atoms with Gasteiger partial charge in [0.05, 0.1) is 18.8 Å². The van der Waals surface area contributed by atoms with Crippen molar-refractivity contribution in [3.8, 4) is 0 Å². The predicted octanol–water partition coefficient (Wildman–Crippen LogP) is 0.734. The molecule has 1 unspecified atom stereocenters. The van der Waals surface area contributed by atoms with Crippen LogP contribution in [0.4, 0.5) is 4.39 Å². The summed E-state index contributed by atoms with van der Waals surface area (Å²) in [7, 11) is 0. The molecule has 0 radical (unpaired) electrons. The van der Waals surface area contributed by atoms with Crippen LogP contribution in [0.5, 0.6) is 0 Å². The Morgan fingerprint density at radius 1 is 1.27 bits per heavy atom. The molecule has 1 aliphatic rings. The van der Waals surface area contributed by atoms with Gasteiger partial charge in [0.25, 0.3) is 0 Å². The van der Waals surface area contributed by atoms with E-state index in [0.29, 0.717) is 6.54 Å². The first-order valence-corrected chi connectivity index (χ1v) is 7.00. The molecular formula is C15H13FN6. The van der Waals surface area contributed by atoms with E-state index in [0.717, 1.165) is 28.4 Å². The molecule has 0 aliphatic carbocycles. The lowest BCUT2D eigenvalue weighted by Gasteiger charge is -2.10. The SMILES string of the molecule is Fc1ccc(Cn2nnc3c2=NC(c2cn[nH]c2)CC=3)cc1. The van der Waals surface area contributed by atoms with Crippen molar-refractivity contribution in [2.75, 3.05) is 0 Å². The fraction of sp³-hybridized carbons (Fsp3) is 0.200. The van der Waals surface area contributed by atoms with Crippen LogP contribution in [0.15, 0.2) is 41.7 Å². The van der Waals surface area contributed by atoms with E-state index in [-0.39, 0.29) is 11.9 Å². The Morgan fingerprint density at radius 2 is 2.14 bits per heavy atom. The molecule has 0 fully saturated rings. The third-order valence-electron chi connectivity index (χ3n) is 3.70. The van der Waals surface area contributed by atoms with Gasteiger partial charge in [-0.1, -0.05) is 23.4 Å². The number of benzene rings is 1. The maximum absolute atomic E-state index is 13.0. The van der Waals surface area contributed by atoms with E-state index in [9.17, 15) is 4.39 Å². The summed E-state index contributed by atoms with van der Waals surface area (Å²) in [6.45, 7) is 0.512. The zero-order chi connectivity index (χ0) is 14.9. The number of rotatable bonds is 3. The van der Waals surface area contributed by atoms with Crippen LogP contribution in [0.25, 0.3) is 6.08 Å². The average molecular weight is 296 g/mol. The van der Waals surface area contributed by atoms with E-state index in [2.05, 4.69) is 20.5 Å². The molecule has 0 bridgehead atoms. The number of fused-ring (bicyclic) bond motifs is 1. The molecule has 4 rings (SSSR count). The molecule has 3 heterocycles. The van der Waals surface area contributed by atoms with Crippen LogP contribution in [0.3, 0.4) is 0 Å². The van der Waals surface area contributed by atoms with Crippen molar-refractivity contribution >= 4 is 6.08 Å². The summed E-state index contributed by atoms with van der Waals surface area (Å²) < 4.78 is 14.7. The molecule has 110 valence electrons. The fourth-order valence-electron chi connectivity index (χ4n) is 2.53. The number of nitrogens with zero attached hydrogens (tertiary/aromatic N) is 5. The molecule has 0 spiro atoms. The Balaban J connectivity index is 1.70. The molecule has 1 atom stereocenters. The monoisotopic (exact) mass is 296 g/mol. The van der Waals surface area contributed by atoms with E-state index in [1.165, 1.54) is 12.1 Å². The van der Waals surface area contributed by atoms with Crippen molar-refractivity contribution in [1.29, 1.82) is 0 Å². The van der Waals surface area contributed by atoms with Crippen LogP contribution in [-0.2, 0) is 6.54 Å². The topological polar surface area (TPSA) is 71.8 Å². The molecule has 1 aliphatic heterocycles. The summed E-state index contributed by atoms with van der Waals surface area (Å²) in [4.78, 5) is 4.73. The van der Waals surface area contributed by atoms with Crippen molar-refractivity contribution in [3.05, 3.63) is 64.4 Å². The van der Waals surface area contributed by atoms with Gasteiger partial charge in [-0.15, -0.1) is 5.10 Å². The third-order valence-corrected chi connectivity index (χ3v) is 3.70. The second kappa shape index (κ2) is 5.18. The van der Waals surface area contributed by atoms with Crippen LogP contribution in [0, 0.1) is 5.82 Å². The molecule has 1 aromatic carbocycles. The summed E-state index contributed by atoms with van der Waals surface area (Å²) in [5.41, 5.74) is 2.74. The van der Waals surface area contributed by atoms with E-state index >= 15 is 0 Å². The third kappa shape index (κ3) is 2.30. The van der Waals surface area contributed by atoms with Gasteiger partial charge in [0.1, 0.15) is 11.2 Å². The number of hydrogen-bond donors (Lipinski definition) is 1. The fourth-order valence-corrected chi connectivity index (χ4v) is 2.53. The minimum absolute atomic E-state index is 0.0247. The number of aromatic amines is 1. The van der Waals surface area contributed by atoms with Crippen molar-refractivity contribution in [3.63, 3.8) is 0 Å². The van der Waals surface area contributed by atoms with Gasteiger partial charge in [0.15, 0.2) is 5.49 Å². The Hall–Kier alpha value is -2.83. The van der Waals surface area contributed by atoms with Crippen LogP contribution >= 0.6 is 0 Å². The molecule has 1 N–H and O–H groups in total. The predicted molar refractivity (Wildman–Crippen MR) is 76.7 cm³/mol. The quantitative estimate of drug-likeness (QED) is 0.774. The molecule has 0 saturated heterocycles. The number of H-pyrrole nitrogens is 1. The van der Waals surface area contributed by atoms with Crippen LogP contribution in [-0.4, -0.2) is 25.2 Å². The van der Waals surface area contributed by atoms with Gasteiger partial charge >= 0.3 is 0 Å². The second-order valence-electron chi connectivity index (χ2n) is 5.20. The molecule has 3 aromatic rings. The van der Waals surface area contributed by atoms with Crippen LogP contribution in [0.2, 0.25) is 0 Å². The highest BCUT2D eigenvalue weighted by Crippen LogP contribution is 2.20. The van der Waals surface area contributed by atoms with Gasteiger partial charge < -0.3 is 0 Å². The highest BCUT2D eigenvalue weighted by atomic mass is 19.1. The summed E-state index contributed by atoms with van der Waals surface area (Å²) >= 11 is 0. The molecule has 2 aromatic heterocycles. The molecule has 0 saturated carbocycles. The van der Waals surface area contributed by atoms with E-state index in [1.54, 1.807) is 23.0 Å². The average Bonchev–Trinajstić information content (AvgIpc) is 3.19. The minimum Gasteiger partial charge on any atom is -0.285 e. The standard InChI is InChI=1S/C15H13FN6/c16-12-3-1-10(2-4-12)9-22-15-14(20-21-22)6-5-13(19-15)11-7-17-18-8-11/h1-4,6-8,13H,5,9H2,(H,17,18). The zero-order valence-electron chi connectivity index (χ0n) is 11.6. The van der Waals surface area contributed by atoms with Gasteiger partial charge in [-0.05, 0) is 24.1 Å². The highest BCUT2D eigenvalue weighted by Gasteiger charge is 2.15. The van der Waals surface area contributed by atoms with E-state index < -0.39 is 0 Å². The Kier molecular flexibility index (Phi) is 3.03. The second-order valence-corrected chi connectivity index (χ2v) is 5.20. The first-order chi connectivity index (χ1) is 10.8. The van der Waals surface area contributed by atoms with Crippen LogP contribution < -0.4 is 10.8 Å². The minimum atomic E-state index is -0.248. The smallest absolute Gasteiger partial charge is 0.174 e. The van der Waals surface area contributed by atoms with Crippen LogP contribution in [0.1, 0.15) is 23.6 Å². The summed E-state index contributed by atoms with van der Waals surface area (Å²) in [6, 6.07) is 6.39. The van der Waals surface area contributed by atoms with Gasteiger partial charge in [-0.3, -0.25) is 10.1 Å². The molecule has 7 heteroatoms. The summed E-state index contributed by atoms with van der Waals surface area (Å²) in [5, 5.41) is 15.9. The maximum Gasteiger partial charge on any atom is 0.174 e. The maximum atomic E-state index is 13.0. The number of hydrogen-bond acceptors (Lipinski definition) is 4. The molecule has 6 nitrogen and oxygen atoms in total. The van der Waals surface area contributed by atoms with Gasteiger partial charge in [-0.25, -0.2) is 9.07 Å². The van der Waals surface area contributed by atoms with Crippen molar-refractivity contribution in [1.82, 2.24) is 25.2 Å². The highest BCUT2D eigenvalue weighted by molar-refractivity contribution is 5.26. The first-order valence-electron chi connectivity index (χ1n) is 7.00. The van der Waals surface area contributed by atoms with Gasteiger partial charge in [-0.2, -0.15) is 5.10 Å². The zero-order valence-corrected chi connectivity index (χ0v) is 11.6. The number of nitrogens with one attached hydrogen (secondary N) is 1. The lowest BCUT2D eigenvalue weighted by molar-refractivity contribution is 0.595. The molecular weight excluding hydrogens is 283 g/mol. The number of halogens is 1. The Morgan fingerprint density at radius 3 is 2.91 bits per heavy atom. The molecule has 22 heavy (non-hydrogen) atoms. The van der Waals surface area contributed by atoms with Gasteiger partial charge in [0.2, 0.25) is 0 Å². The first kappa shape index (κ1) is 12.9. The largest absolute Gasteiger partial charge is 0.285 e.